The molecule has 2 unspecified atom stereocenters. The molecule has 3 aliphatic rings. The second kappa shape index (κ2) is 6.03. The fourth-order valence-corrected chi connectivity index (χ4v) is 3.29. The Morgan fingerprint density at radius 1 is 1.17 bits per heavy atom. The summed E-state index contributed by atoms with van der Waals surface area (Å²) in [7, 11) is 0. The van der Waals surface area contributed by atoms with Crippen LogP contribution in [-0.2, 0) is 4.74 Å². The predicted octanol–water partition coefficient (Wildman–Crippen LogP) is 2.44. The number of hydrogen-bond donors (Lipinski definition) is 0. The second-order valence-corrected chi connectivity index (χ2v) is 7.34. The lowest BCUT2D eigenvalue weighted by Crippen LogP contribution is -2.65. The first kappa shape index (κ1) is 16.7. The van der Waals surface area contributed by atoms with Gasteiger partial charge >= 0.3 is 6.09 Å². The number of aromatic nitrogens is 1. The van der Waals surface area contributed by atoms with Gasteiger partial charge in [0.1, 0.15) is 5.60 Å². The fraction of sp³-hybridized carbons (Fsp3) is 0.588. The standard InChI is InChI=1S/C17H22FN3O3/c1-17(2,3)24-16(23)21-10-12-5-6-13(21)9-20(12)15(22)11-4-7-14(18)19-8-11/h4,7-8,12-13H,5-6,9-10H2,1-3H3. The molecule has 0 spiro atoms. The van der Waals surface area contributed by atoms with Crippen LogP contribution in [0.2, 0.25) is 0 Å². The number of rotatable bonds is 1. The molecule has 0 N–H and O–H groups in total. The van der Waals surface area contributed by atoms with Crippen molar-refractivity contribution in [2.45, 2.75) is 51.3 Å². The van der Waals surface area contributed by atoms with Gasteiger partial charge in [0.15, 0.2) is 0 Å². The number of amides is 2. The van der Waals surface area contributed by atoms with Gasteiger partial charge in [-0.3, -0.25) is 4.79 Å². The summed E-state index contributed by atoms with van der Waals surface area (Å²) in [6.07, 6.45) is 2.64. The van der Waals surface area contributed by atoms with Crippen LogP contribution in [0.3, 0.4) is 0 Å². The Labute approximate surface area is 140 Å². The van der Waals surface area contributed by atoms with Gasteiger partial charge in [-0.15, -0.1) is 0 Å². The Hall–Kier alpha value is -2.18. The van der Waals surface area contributed by atoms with Crippen molar-refractivity contribution >= 4 is 12.0 Å². The van der Waals surface area contributed by atoms with Crippen LogP contribution < -0.4 is 0 Å². The van der Waals surface area contributed by atoms with Crippen molar-refractivity contribution in [1.29, 1.82) is 0 Å². The molecular formula is C17H22FN3O3. The topological polar surface area (TPSA) is 62.7 Å². The molecule has 4 heterocycles. The van der Waals surface area contributed by atoms with Crippen molar-refractivity contribution in [3.63, 3.8) is 0 Å². The zero-order chi connectivity index (χ0) is 17.5. The summed E-state index contributed by atoms with van der Waals surface area (Å²) in [6, 6.07) is 2.54. The molecule has 24 heavy (non-hydrogen) atoms. The molecule has 0 radical (unpaired) electrons. The highest BCUT2D eigenvalue weighted by atomic mass is 19.1. The van der Waals surface area contributed by atoms with Crippen LogP contribution in [-0.4, -0.2) is 57.6 Å². The molecule has 4 rings (SSSR count). The average Bonchev–Trinajstić information content (AvgIpc) is 2.53. The summed E-state index contributed by atoms with van der Waals surface area (Å²) in [6.45, 7) is 6.46. The average molecular weight is 335 g/mol. The summed E-state index contributed by atoms with van der Waals surface area (Å²) < 4.78 is 18.4. The van der Waals surface area contributed by atoms with Gasteiger partial charge in [0, 0.05) is 25.3 Å². The van der Waals surface area contributed by atoms with Crippen molar-refractivity contribution in [3.05, 3.63) is 29.8 Å². The number of carbonyl (C=O) groups is 2. The van der Waals surface area contributed by atoms with Gasteiger partial charge in [-0.05, 0) is 45.7 Å². The number of carbonyl (C=O) groups excluding carboxylic acids is 2. The highest BCUT2D eigenvalue weighted by Gasteiger charge is 2.44. The molecule has 6 nitrogen and oxygen atoms in total. The number of ether oxygens (including phenoxy) is 1. The number of pyridine rings is 1. The number of piperidine rings is 2. The third kappa shape index (κ3) is 3.34. The molecule has 2 bridgehead atoms. The Kier molecular flexibility index (Phi) is 4.19. The van der Waals surface area contributed by atoms with Crippen molar-refractivity contribution < 1.29 is 18.7 Å². The first-order valence-corrected chi connectivity index (χ1v) is 8.17. The van der Waals surface area contributed by atoms with Crippen molar-refractivity contribution in [1.82, 2.24) is 14.8 Å². The maximum atomic E-state index is 12.9. The first-order valence-electron chi connectivity index (χ1n) is 8.17. The van der Waals surface area contributed by atoms with Gasteiger partial charge in [-0.1, -0.05) is 0 Å². The lowest BCUT2D eigenvalue weighted by atomic mass is 9.90. The van der Waals surface area contributed by atoms with Gasteiger partial charge < -0.3 is 14.5 Å². The molecule has 2 amide bonds. The Morgan fingerprint density at radius 2 is 1.79 bits per heavy atom. The van der Waals surface area contributed by atoms with Crippen molar-refractivity contribution in [2.24, 2.45) is 0 Å². The zero-order valence-electron chi connectivity index (χ0n) is 14.2. The van der Waals surface area contributed by atoms with E-state index in [9.17, 15) is 14.0 Å². The highest BCUT2D eigenvalue weighted by molar-refractivity contribution is 5.94. The minimum absolute atomic E-state index is 0.0396. The lowest BCUT2D eigenvalue weighted by Gasteiger charge is -2.51. The summed E-state index contributed by atoms with van der Waals surface area (Å²) >= 11 is 0. The van der Waals surface area contributed by atoms with Crippen LogP contribution in [0.1, 0.15) is 44.0 Å². The molecule has 2 atom stereocenters. The normalized spacial score (nSPS) is 23.3. The van der Waals surface area contributed by atoms with E-state index < -0.39 is 11.5 Å². The minimum Gasteiger partial charge on any atom is -0.444 e. The predicted molar refractivity (Wildman–Crippen MR) is 85.0 cm³/mol. The first-order chi connectivity index (χ1) is 11.2. The maximum Gasteiger partial charge on any atom is 0.410 e. The van der Waals surface area contributed by atoms with E-state index in [1.807, 2.05) is 20.8 Å². The Bertz CT molecular complexity index is 641. The number of fused-ring (bicyclic) bond motifs is 3. The fourth-order valence-electron chi connectivity index (χ4n) is 3.29. The smallest absolute Gasteiger partial charge is 0.410 e. The number of hydrogen-bond acceptors (Lipinski definition) is 4. The molecule has 3 aliphatic heterocycles. The molecule has 3 fully saturated rings. The SMILES string of the molecule is CC(C)(C)OC(=O)N1CC2CCC1CN2C(=O)c1ccc(F)nc1. The summed E-state index contributed by atoms with van der Waals surface area (Å²) in [4.78, 5) is 32.0. The van der Waals surface area contributed by atoms with Crippen LogP contribution in [0.25, 0.3) is 0 Å². The summed E-state index contributed by atoms with van der Waals surface area (Å²) in [5.74, 6) is -0.774. The number of nitrogens with zero attached hydrogens (tertiary/aromatic N) is 3. The molecule has 0 aliphatic carbocycles. The second-order valence-electron chi connectivity index (χ2n) is 7.34. The molecule has 130 valence electrons. The quantitative estimate of drug-likeness (QED) is 0.740. The monoisotopic (exact) mass is 335 g/mol. The van der Waals surface area contributed by atoms with Crippen LogP contribution in [0.5, 0.6) is 0 Å². The minimum atomic E-state index is -0.609. The van der Waals surface area contributed by atoms with E-state index in [1.165, 1.54) is 18.3 Å². The Morgan fingerprint density at radius 3 is 2.29 bits per heavy atom. The van der Waals surface area contributed by atoms with Crippen LogP contribution in [0.15, 0.2) is 18.3 Å². The Balaban J connectivity index is 1.70. The molecule has 0 saturated carbocycles. The zero-order valence-corrected chi connectivity index (χ0v) is 14.2. The van der Waals surface area contributed by atoms with Crippen LogP contribution >= 0.6 is 0 Å². The number of piperazine rings is 1. The molecule has 1 aromatic heterocycles. The van der Waals surface area contributed by atoms with E-state index in [1.54, 1.807) is 9.80 Å². The van der Waals surface area contributed by atoms with E-state index >= 15 is 0 Å². The molecule has 1 aromatic rings. The van der Waals surface area contributed by atoms with E-state index in [2.05, 4.69) is 4.98 Å². The molecule has 7 heteroatoms. The summed E-state index contributed by atoms with van der Waals surface area (Å²) in [5.41, 5.74) is -0.170. The third-order valence-electron chi connectivity index (χ3n) is 4.39. The highest BCUT2D eigenvalue weighted by Crippen LogP contribution is 2.31. The van der Waals surface area contributed by atoms with Gasteiger partial charge in [0.05, 0.1) is 11.6 Å². The van der Waals surface area contributed by atoms with Crippen molar-refractivity contribution in [3.8, 4) is 0 Å². The number of halogens is 1. The van der Waals surface area contributed by atoms with E-state index in [0.29, 0.717) is 18.7 Å². The third-order valence-corrected chi connectivity index (χ3v) is 4.39. The van der Waals surface area contributed by atoms with Crippen molar-refractivity contribution in [2.75, 3.05) is 13.1 Å². The van der Waals surface area contributed by atoms with Gasteiger partial charge in [-0.25, -0.2) is 9.78 Å². The largest absolute Gasteiger partial charge is 0.444 e. The molecule has 0 aromatic carbocycles. The van der Waals surface area contributed by atoms with E-state index in [4.69, 9.17) is 4.74 Å². The molecular weight excluding hydrogens is 313 g/mol. The summed E-state index contributed by atoms with van der Waals surface area (Å²) in [5, 5.41) is 0. The molecule has 3 saturated heterocycles. The lowest BCUT2D eigenvalue weighted by molar-refractivity contribution is -0.0341. The van der Waals surface area contributed by atoms with E-state index in [-0.39, 0.29) is 24.1 Å². The van der Waals surface area contributed by atoms with E-state index in [0.717, 1.165) is 12.8 Å². The van der Waals surface area contributed by atoms with Gasteiger partial charge in [-0.2, -0.15) is 4.39 Å². The maximum absolute atomic E-state index is 12.9. The van der Waals surface area contributed by atoms with Crippen LogP contribution in [0, 0.1) is 5.95 Å². The van der Waals surface area contributed by atoms with Gasteiger partial charge in [0.25, 0.3) is 5.91 Å². The van der Waals surface area contributed by atoms with Crippen LogP contribution in [0.4, 0.5) is 9.18 Å². The van der Waals surface area contributed by atoms with Gasteiger partial charge in [0.2, 0.25) is 5.95 Å².